The Morgan fingerprint density at radius 2 is 1.73 bits per heavy atom. The van der Waals surface area contributed by atoms with Crippen molar-refractivity contribution < 1.29 is 27.5 Å². The number of nitrogens with zero attached hydrogens (tertiary/aromatic N) is 2. The zero-order valence-electron chi connectivity index (χ0n) is 16.9. The highest BCUT2D eigenvalue weighted by Gasteiger charge is 2.31. The summed E-state index contributed by atoms with van der Waals surface area (Å²) in [5.41, 5.74) is 0.700. The minimum Gasteiger partial charge on any atom is -0.495 e. The van der Waals surface area contributed by atoms with Crippen molar-refractivity contribution in [3.05, 3.63) is 54.1 Å². The van der Waals surface area contributed by atoms with E-state index in [2.05, 4.69) is 0 Å². The molecule has 0 bridgehead atoms. The van der Waals surface area contributed by atoms with Crippen LogP contribution in [0.1, 0.15) is 23.2 Å². The Balaban J connectivity index is 1.74. The number of benzene rings is 2. The lowest BCUT2D eigenvalue weighted by Gasteiger charge is -2.19. The Morgan fingerprint density at radius 3 is 2.37 bits per heavy atom. The third kappa shape index (κ3) is 4.63. The zero-order valence-corrected chi connectivity index (χ0v) is 17.7. The lowest BCUT2D eigenvalue weighted by Crippen LogP contribution is -2.31. The molecule has 1 heterocycles. The van der Waals surface area contributed by atoms with E-state index in [0.717, 1.165) is 12.8 Å². The molecule has 0 unspecified atom stereocenters. The number of methoxy groups -OCH3 is 1. The molecule has 1 aliphatic rings. The van der Waals surface area contributed by atoms with Gasteiger partial charge in [0.2, 0.25) is 10.0 Å². The van der Waals surface area contributed by atoms with Gasteiger partial charge in [0.15, 0.2) is 6.61 Å². The first-order valence-electron chi connectivity index (χ1n) is 9.51. The van der Waals surface area contributed by atoms with E-state index in [9.17, 15) is 18.0 Å². The minimum atomic E-state index is -3.79. The SMILES string of the molecule is COc1ccc(C(=O)OCC(=O)N(C)c2ccccc2)cc1S(=O)(=O)N1CCCC1. The van der Waals surface area contributed by atoms with E-state index in [1.807, 2.05) is 6.07 Å². The van der Waals surface area contributed by atoms with Crippen LogP contribution in [0.25, 0.3) is 0 Å². The third-order valence-electron chi connectivity index (χ3n) is 4.93. The highest BCUT2D eigenvalue weighted by molar-refractivity contribution is 7.89. The van der Waals surface area contributed by atoms with Crippen molar-refractivity contribution in [2.75, 3.05) is 38.8 Å². The molecule has 160 valence electrons. The van der Waals surface area contributed by atoms with Crippen LogP contribution in [-0.4, -0.2) is 58.5 Å². The quantitative estimate of drug-likeness (QED) is 0.624. The van der Waals surface area contributed by atoms with Crippen LogP contribution in [0.2, 0.25) is 0 Å². The molecule has 0 saturated carbocycles. The molecule has 1 fully saturated rings. The monoisotopic (exact) mass is 432 g/mol. The van der Waals surface area contributed by atoms with Crippen molar-refractivity contribution in [3.63, 3.8) is 0 Å². The van der Waals surface area contributed by atoms with E-state index < -0.39 is 28.5 Å². The Hall–Kier alpha value is -2.91. The average Bonchev–Trinajstić information content (AvgIpc) is 3.32. The van der Waals surface area contributed by atoms with E-state index >= 15 is 0 Å². The maximum atomic E-state index is 12.9. The molecule has 1 amide bonds. The highest BCUT2D eigenvalue weighted by atomic mass is 32.2. The lowest BCUT2D eigenvalue weighted by atomic mass is 10.2. The Bertz CT molecular complexity index is 1020. The molecule has 8 nitrogen and oxygen atoms in total. The van der Waals surface area contributed by atoms with Gasteiger partial charge in [-0.2, -0.15) is 4.31 Å². The number of likely N-dealkylation sites (N-methyl/N-ethyl adjacent to an activating group) is 1. The number of esters is 1. The van der Waals surface area contributed by atoms with Crippen molar-refractivity contribution >= 4 is 27.6 Å². The van der Waals surface area contributed by atoms with Crippen LogP contribution in [0.15, 0.2) is 53.4 Å². The Labute approximate surface area is 176 Å². The number of hydrogen-bond donors (Lipinski definition) is 0. The summed E-state index contributed by atoms with van der Waals surface area (Å²) < 4.78 is 37.5. The van der Waals surface area contributed by atoms with Crippen LogP contribution < -0.4 is 9.64 Å². The number of ether oxygens (including phenoxy) is 2. The van der Waals surface area contributed by atoms with E-state index in [0.29, 0.717) is 18.8 Å². The van der Waals surface area contributed by atoms with Gasteiger partial charge in [0.1, 0.15) is 10.6 Å². The van der Waals surface area contributed by atoms with E-state index in [1.165, 1.54) is 34.5 Å². The van der Waals surface area contributed by atoms with Crippen LogP contribution in [-0.2, 0) is 19.6 Å². The molecule has 0 aromatic heterocycles. The number of para-hydroxylation sites is 1. The number of rotatable bonds is 7. The molecule has 2 aromatic carbocycles. The van der Waals surface area contributed by atoms with Gasteiger partial charge in [0.05, 0.1) is 12.7 Å². The molecule has 30 heavy (non-hydrogen) atoms. The molecule has 0 N–H and O–H groups in total. The van der Waals surface area contributed by atoms with Gasteiger partial charge in [-0.25, -0.2) is 13.2 Å². The first-order chi connectivity index (χ1) is 14.3. The molecule has 3 rings (SSSR count). The summed E-state index contributed by atoms with van der Waals surface area (Å²) in [5.74, 6) is -1.04. The highest BCUT2D eigenvalue weighted by Crippen LogP contribution is 2.30. The zero-order chi connectivity index (χ0) is 21.7. The molecule has 0 atom stereocenters. The van der Waals surface area contributed by atoms with Gasteiger partial charge in [0.25, 0.3) is 5.91 Å². The topological polar surface area (TPSA) is 93.2 Å². The fraction of sp³-hybridized carbons (Fsp3) is 0.333. The summed E-state index contributed by atoms with van der Waals surface area (Å²) in [5, 5.41) is 0. The smallest absolute Gasteiger partial charge is 0.338 e. The van der Waals surface area contributed by atoms with Gasteiger partial charge >= 0.3 is 5.97 Å². The van der Waals surface area contributed by atoms with Crippen LogP contribution in [0.5, 0.6) is 5.75 Å². The summed E-state index contributed by atoms with van der Waals surface area (Å²) in [4.78, 5) is 26.1. The van der Waals surface area contributed by atoms with Crippen molar-refractivity contribution in [3.8, 4) is 5.75 Å². The summed E-state index contributed by atoms with van der Waals surface area (Å²) in [7, 11) is -0.840. The number of amides is 1. The maximum absolute atomic E-state index is 12.9. The van der Waals surface area contributed by atoms with Crippen LogP contribution >= 0.6 is 0 Å². The standard InChI is InChI=1S/C21H24N2O6S/c1-22(17-8-4-3-5-9-17)20(24)15-29-21(25)16-10-11-18(28-2)19(14-16)30(26,27)23-12-6-7-13-23/h3-5,8-11,14H,6-7,12-13,15H2,1-2H3. The first kappa shape index (κ1) is 21.8. The normalized spacial score (nSPS) is 14.3. The number of anilines is 1. The van der Waals surface area contributed by atoms with Crippen molar-refractivity contribution in [1.82, 2.24) is 4.31 Å². The Morgan fingerprint density at radius 1 is 1.07 bits per heavy atom. The second-order valence-corrected chi connectivity index (χ2v) is 8.75. The number of carbonyl (C=O) groups is 2. The van der Waals surface area contributed by atoms with Gasteiger partial charge in [-0.05, 0) is 43.2 Å². The predicted octanol–water partition coefficient (Wildman–Crippen LogP) is 2.30. The van der Waals surface area contributed by atoms with Crippen molar-refractivity contribution in [2.45, 2.75) is 17.7 Å². The molecule has 2 aromatic rings. The van der Waals surface area contributed by atoms with Crippen molar-refractivity contribution in [1.29, 1.82) is 0 Å². The van der Waals surface area contributed by atoms with E-state index in [4.69, 9.17) is 9.47 Å². The fourth-order valence-corrected chi connectivity index (χ4v) is 4.87. The van der Waals surface area contributed by atoms with Gasteiger partial charge in [0, 0.05) is 25.8 Å². The van der Waals surface area contributed by atoms with E-state index in [1.54, 1.807) is 31.3 Å². The summed E-state index contributed by atoms with van der Waals surface area (Å²) in [6.45, 7) is 0.394. The molecule has 1 aliphatic heterocycles. The van der Waals surface area contributed by atoms with Crippen LogP contribution in [0.3, 0.4) is 0 Å². The molecule has 0 aliphatic carbocycles. The minimum absolute atomic E-state index is 0.0312. The van der Waals surface area contributed by atoms with Crippen LogP contribution in [0, 0.1) is 0 Å². The number of carbonyl (C=O) groups excluding carboxylic acids is 2. The van der Waals surface area contributed by atoms with Gasteiger partial charge in [-0.15, -0.1) is 0 Å². The second kappa shape index (κ2) is 9.27. The molecular formula is C21H24N2O6S. The Kier molecular flexibility index (Phi) is 6.73. The predicted molar refractivity (Wildman–Crippen MR) is 111 cm³/mol. The number of sulfonamides is 1. The molecule has 9 heteroatoms. The first-order valence-corrected chi connectivity index (χ1v) is 11.0. The summed E-state index contributed by atoms with van der Waals surface area (Å²) in [6, 6.07) is 13.0. The maximum Gasteiger partial charge on any atom is 0.338 e. The van der Waals surface area contributed by atoms with E-state index in [-0.39, 0.29) is 16.2 Å². The lowest BCUT2D eigenvalue weighted by molar-refractivity contribution is -0.121. The van der Waals surface area contributed by atoms with Gasteiger partial charge < -0.3 is 14.4 Å². The molecular weight excluding hydrogens is 408 g/mol. The fourth-order valence-electron chi connectivity index (χ4n) is 3.18. The second-order valence-electron chi connectivity index (χ2n) is 6.84. The molecule has 0 radical (unpaired) electrons. The molecule has 1 saturated heterocycles. The largest absolute Gasteiger partial charge is 0.495 e. The number of hydrogen-bond acceptors (Lipinski definition) is 6. The molecule has 0 spiro atoms. The summed E-state index contributed by atoms with van der Waals surface area (Å²) in [6.07, 6.45) is 1.58. The van der Waals surface area contributed by atoms with Gasteiger partial charge in [-0.3, -0.25) is 4.79 Å². The summed E-state index contributed by atoms with van der Waals surface area (Å²) >= 11 is 0. The van der Waals surface area contributed by atoms with Crippen molar-refractivity contribution in [2.24, 2.45) is 0 Å². The van der Waals surface area contributed by atoms with Gasteiger partial charge in [-0.1, -0.05) is 18.2 Å². The van der Waals surface area contributed by atoms with Crippen LogP contribution in [0.4, 0.5) is 5.69 Å². The third-order valence-corrected chi connectivity index (χ3v) is 6.85. The average molecular weight is 432 g/mol.